The first-order chi connectivity index (χ1) is 15.9. The van der Waals surface area contributed by atoms with Gasteiger partial charge in [0.1, 0.15) is 17.3 Å². The monoisotopic (exact) mass is 444 g/mol. The molecule has 7 heteroatoms. The van der Waals surface area contributed by atoms with Crippen LogP contribution in [0.15, 0.2) is 66.5 Å². The number of hydrogen-bond donors (Lipinski definition) is 1. The van der Waals surface area contributed by atoms with Crippen molar-refractivity contribution in [3.05, 3.63) is 88.8 Å². The summed E-state index contributed by atoms with van der Waals surface area (Å²) in [4.78, 5) is 31.9. The number of rotatable bonds is 5. The van der Waals surface area contributed by atoms with Crippen LogP contribution in [0.1, 0.15) is 28.3 Å². The Morgan fingerprint density at radius 2 is 1.61 bits per heavy atom. The number of pyridine rings is 1. The van der Waals surface area contributed by atoms with Gasteiger partial charge in [-0.3, -0.25) is 19.5 Å². The van der Waals surface area contributed by atoms with Crippen LogP contribution in [0.2, 0.25) is 0 Å². The number of benzene rings is 2. The van der Waals surface area contributed by atoms with E-state index in [4.69, 9.17) is 9.47 Å². The van der Waals surface area contributed by atoms with Crippen molar-refractivity contribution in [2.75, 3.05) is 19.1 Å². The minimum absolute atomic E-state index is 0.0229. The van der Waals surface area contributed by atoms with Crippen LogP contribution >= 0.6 is 0 Å². The Labute approximate surface area is 191 Å². The van der Waals surface area contributed by atoms with E-state index in [1.807, 2.05) is 13.8 Å². The van der Waals surface area contributed by atoms with E-state index in [2.05, 4.69) is 4.98 Å². The molecule has 1 saturated heterocycles. The number of hydrogen-bond acceptors (Lipinski definition) is 6. The predicted octanol–water partition coefficient (Wildman–Crippen LogP) is 4.34. The summed E-state index contributed by atoms with van der Waals surface area (Å²) in [5.74, 6) is -0.396. The molecule has 2 heterocycles. The molecule has 1 amide bonds. The molecule has 0 radical (unpaired) electrons. The maximum Gasteiger partial charge on any atom is 0.300 e. The smallest absolute Gasteiger partial charge is 0.300 e. The second-order valence-electron chi connectivity index (χ2n) is 7.78. The number of aliphatic hydroxyl groups is 1. The van der Waals surface area contributed by atoms with Crippen LogP contribution in [-0.4, -0.2) is 36.0 Å². The van der Waals surface area contributed by atoms with E-state index in [1.165, 1.54) is 4.90 Å². The van der Waals surface area contributed by atoms with Crippen LogP contribution in [0.4, 0.5) is 5.69 Å². The largest absolute Gasteiger partial charge is 0.507 e. The molecule has 7 nitrogen and oxygen atoms in total. The van der Waals surface area contributed by atoms with Gasteiger partial charge in [0.2, 0.25) is 0 Å². The molecule has 1 N–H and O–H groups in total. The van der Waals surface area contributed by atoms with Crippen molar-refractivity contribution in [3.63, 3.8) is 0 Å². The van der Waals surface area contributed by atoms with Crippen LogP contribution in [0.25, 0.3) is 5.76 Å². The molecule has 4 rings (SSSR count). The summed E-state index contributed by atoms with van der Waals surface area (Å²) in [7, 11) is 3.13. The van der Waals surface area contributed by atoms with Gasteiger partial charge in [-0.05, 0) is 79.1 Å². The quantitative estimate of drug-likeness (QED) is 0.358. The lowest BCUT2D eigenvalue weighted by molar-refractivity contribution is -0.132. The Morgan fingerprint density at radius 3 is 2.21 bits per heavy atom. The topological polar surface area (TPSA) is 89.0 Å². The molecule has 33 heavy (non-hydrogen) atoms. The minimum atomic E-state index is -0.816. The number of aryl methyl sites for hydroxylation is 2. The summed E-state index contributed by atoms with van der Waals surface area (Å²) in [6.45, 7) is 3.67. The minimum Gasteiger partial charge on any atom is -0.507 e. The maximum absolute atomic E-state index is 13.3. The van der Waals surface area contributed by atoms with Crippen molar-refractivity contribution in [1.29, 1.82) is 0 Å². The summed E-state index contributed by atoms with van der Waals surface area (Å²) in [5, 5.41) is 11.4. The third kappa shape index (κ3) is 3.82. The second-order valence-corrected chi connectivity index (χ2v) is 7.78. The highest BCUT2D eigenvalue weighted by Crippen LogP contribution is 2.43. The fraction of sp³-hybridized carbons (Fsp3) is 0.192. The molecule has 1 aromatic heterocycles. The average Bonchev–Trinajstić information content (AvgIpc) is 3.10. The first kappa shape index (κ1) is 22.1. The van der Waals surface area contributed by atoms with Crippen LogP contribution < -0.4 is 14.4 Å². The highest BCUT2D eigenvalue weighted by atomic mass is 16.5. The summed E-state index contributed by atoms with van der Waals surface area (Å²) < 4.78 is 10.6. The number of amides is 1. The average molecular weight is 444 g/mol. The van der Waals surface area contributed by atoms with Crippen LogP contribution in [0.3, 0.4) is 0 Å². The molecule has 0 aliphatic carbocycles. The van der Waals surface area contributed by atoms with E-state index >= 15 is 0 Å². The molecule has 0 saturated carbocycles. The number of methoxy groups -OCH3 is 2. The Morgan fingerprint density at radius 1 is 0.939 bits per heavy atom. The van der Waals surface area contributed by atoms with Crippen LogP contribution in [-0.2, 0) is 9.59 Å². The van der Waals surface area contributed by atoms with Crippen molar-refractivity contribution in [2.24, 2.45) is 0 Å². The molecule has 168 valence electrons. The van der Waals surface area contributed by atoms with Gasteiger partial charge in [-0.2, -0.15) is 0 Å². The zero-order valence-electron chi connectivity index (χ0n) is 18.8. The van der Waals surface area contributed by atoms with Gasteiger partial charge in [0.15, 0.2) is 0 Å². The lowest BCUT2D eigenvalue weighted by Gasteiger charge is -2.25. The number of carbonyl (C=O) groups excluding carboxylic acids is 2. The molecule has 0 spiro atoms. The third-order valence-corrected chi connectivity index (χ3v) is 5.81. The van der Waals surface area contributed by atoms with E-state index in [0.29, 0.717) is 28.3 Å². The van der Waals surface area contributed by atoms with Crippen LogP contribution in [0.5, 0.6) is 11.5 Å². The summed E-state index contributed by atoms with van der Waals surface area (Å²) in [6, 6.07) is 13.0. The van der Waals surface area contributed by atoms with Crippen molar-refractivity contribution >= 4 is 23.1 Å². The Bertz CT molecular complexity index is 1250. The number of anilines is 1. The maximum atomic E-state index is 13.3. The molecule has 0 bridgehead atoms. The number of ether oxygens (including phenoxy) is 2. The number of Topliss-reactive ketones (excluding diaryl/α,β-unsaturated/α-hetero) is 1. The molecule has 1 fully saturated rings. The molecule has 1 aliphatic rings. The van der Waals surface area contributed by atoms with Gasteiger partial charge in [-0.1, -0.05) is 0 Å². The van der Waals surface area contributed by atoms with Gasteiger partial charge in [0.05, 0.1) is 25.8 Å². The molecule has 1 unspecified atom stereocenters. The number of aromatic nitrogens is 1. The van der Waals surface area contributed by atoms with E-state index in [1.54, 1.807) is 75.1 Å². The molecule has 1 atom stereocenters. The Balaban J connectivity index is 1.94. The number of aliphatic hydroxyl groups excluding tert-OH is 1. The van der Waals surface area contributed by atoms with E-state index in [0.717, 1.165) is 11.1 Å². The second kappa shape index (κ2) is 8.78. The van der Waals surface area contributed by atoms with Crippen molar-refractivity contribution in [1.82, 2.24) is 4.98 Å². The molecular weight excluding hydrogens is 420 g/mol. The highest BCUT2D eigenvalue weighted by Gasteiger charge is 2.47. The fourth-order valence-corrected chi connectivity index (χ4v) is 4.11. The zero-order valence-corrected chi connectivity index (χ0v) is 18.8. The number of nitrogens with zero attached hydrogens (tertiary/aromatic N) is 2. The van der Waals surface area contributed by atoms with Gasteiger partial charge in [0.25, 0.3) is 11.7 Å². The standard InChI is InChI=1S/C26H24N2O5/c1-15-14-21(33-4)16(2)13-20(15)24(29)22-23(17-9-11-27-12-10-17)28(26(31)25(22)30)18-5-7-19(32-3)8-6-18/h5-14,23,29H,1-4H3/b24-22+. The van der Waals surface area contributed by atoms with E-state index in [9.17, 15) is 14.7 Å². The van der Waals surface area contributed by atoms with Gasteiger partial charge in [-0.25, -0.2) is 0 Å². The van der Waals surface area contributed by atoms with E-state index < -0.39 is 17.7 Å². The highest BCUT2D eigenvalue weighted by molar-refractivity contribution is 6.51. The van der Waals surface area contributed by atoms with E-state index in [-0.39, 0.29) is 11.3 Å². The molecule has 3 aromatic rings. The molecule has 2 aromatic carbocycles. The molecular formula is C26H24N2O5. The fourth-order valence-electron chi connectivity index (χ4n) is 4.11. The first-order valence-electron chi connectivity index (χ1n) is 10.4. The summed E-state index contributed by atoms with van der Waals surface area (Å²) in [5.41, 5.74) is 3.19. The zero-order chi connectivity index (χ0) is 23.7. The van der Waals surface area contributed by atoms with Crippen molar-refractivity contribution < 1.29 is 24.2 Å². The summed E-state index contributed by atoms with van der Waals surface area (Å²) >= 11 is 0. The van der Waals surface area contributed by atoms with Gasteiger partial charge < -0.3 is 14.6 Å². The van der Waals surface area contributed by atoms with Crippen molar-refractivity contribution in [3.8, 4) is 11.5 Å². The third-order valence-electron chi connectivity index (χ3n) is 5.81. The predicted molar refractivity (Wildman–Crippen MR) is 124 cm³/mol. The Hall–Kier alpha value is -4.13. The lowest BCUT2D eigenvalue weighted by Crippen LogP contribution is -2.29. The summed E-state index contributed by atoms with van der Waals surface area (Å²) in [6.07, 6.45) is 3.18. The van der Waals surface area contributed by atoms with Crippen molar-refractivity contribution in [2.45, 2.75) is 19.9 Å². The lowest BCUT2D eigenvalue weighted by atomic mass is 9.93. The SMILES string of the molecule is COc1ccc(N2C(=O)C(=O)/C(=C(/O)c3cc(C)c(OC)cc3C)C2c2ccncc2)cc1. The normalized spacial score (nSPS) is 17.3. The van der Waals surface area contributed by atoms with Gasteiger partial charge >= 0.3 is 0 Å². The molecule has 1 aliphatic heterocycles. The number of ketones is 1. The number of carbonyl (C=O) groups is 2. The Kier molecular flexibility index (Phi) is 5.87. The first-order valence-corrected chi connectivity index (χ1v) is 10.4. The van der Waals surface area contributed by atoms with Gasteiger partial charge in [-0.15, -0.1) is 0 Å². The van der Waals surface area contributed by atoms with Crippen LogP contribution in [0, 0.1) is 13.8 Å². The van der Waals surface area contributed by atoms with Gasteiger partial charge in [0, 0.05) is 23.6 Å².